The summed E-state index contributed by atoms with van der Waals surface area (Å²) in [7, 11) is 0. The van der Waals surface area contributed by atoms with Gasteiger partial charge in [-0.15, -0.1) is 0 Å². The first-order chi connectivity index (χ1) is 9.09. The third kappa shape index (κ3) is 3.56. The molecule has 0 fully saturated rings. The number of benzene rings is 1. The maximum absolute atomic E-state index is 12.5. The zero-order valence-corrected chi connectivity index (χ0v) is 11.5. The molecule has 0 spiro atoms. The van der Waals surface area contributed by atoms with Gasteiger partial charge in [-0.2, -0.15) is 18.4 Å². The average molecular weight is 325 g/mol. The lowest BCUT2D eigenvalue weighted by Crippen LogP contribution is -2.52. The Bertz CT molecular complexity index is 570. The van der Waals surface area contributed by atoms with Gasteiger partial charge < -0.3 is 10.4 Å². The number of carbonyl (C=O) groups is 1. The van der Waals surface area contributed by atoms with Crippen LogP contribution in [0, 0.1) is 10.7 Å². The van der Waals surface area contributed by atoms with Gasteiger partial charge in [-0.05, 0) is 36.9 Å². The molecule has 20 heavy (non-hydrogen) atoms. The predicted molar refractivity (Wildman–Crippen MR) is 68.2 cm³/mol. The van der Waals surface area contributed by atoms with Crippen LogP contribution in [-0.4, -0.2) is 22.8 Å². The largest absolute Gasteiger partial charge is 0.426 e. The average Bonchev–Trinajstić information content (AvgIpc) is 2.31. The Hall–Kier alpha value is -1.43. The maximum atomic E-state index is 12.5. The Morgan fingerprint density at radius 2 is 2.10 bits per heavy atom. The number of alkyl halides is 3. The van der Waals surface area contributed by atoms with E-state index in [0.29, 0.717) is 11.8 Å². The number of anilines is 1. The number of halogens is 4. The highest BCUT2D eigenvalue weighted by molar-refractivity contribution is 8.03. The van der Waals surface area contributed by atoms with Gasteiger partial charge in [-0.1, -0.05) is 11.6 Å². The lowest BCUT2D eigenvalue weighted by molar-refractivity contribution is -0.242. The summed E-state index contributed by atoms with van der Waals surface area (Å²) in [6, 6.07) is 3.96. The Kier molecular flexibility index (Phi) is 4.91. The van der Waals surface area contributed by atoms with Crippen molar-refractivity contribution in [3.05, 3.63) is 23.2 Å². The second-order valence-electron chi connectivity index (χ2n) is 3.86. The highest BCUT2D eigenvalue weighted by Crippen LogP contribution is 2.33. The summed E-state index contributed by atoms with van der Waals surface area (Å²) in [4.78, 5) is 11.9. The first kappa shape index (κ1) is 16.6. The summed E-state index contributed by atoms with van der Waals surface area (Å²) in [5, 5.41) is 21.3. The number of amides is 1. The van der Waals surface area contributed by atoms with Crippen LogP contribution in [-0.2, 0) is 4.79 Å². The van der Waals surface area contributed by atoms with Gasteiger partial charge >= 0.3 is 6.18 Å². The summed E-state index contributed by atoms with van der Waals surface area (Å²) < 4.78 is 37.4. The molecule has 0 aliphatic rings. The van der Waals surface area contributed by atoms with Gasteiger partial charge in [0.15, 0.2) is 0 Å². The maximum Gasteiger partial charge on any atom is 0.426 e. The molecule has 1 amide bonds. The number of carbonyl (C=O) groups excluding carboxylic acids is 1. The fourth-order valence-corrected chi connectivity index (χ4v) is 1.80. The van der Waals surface area contributed by atoms with E-state index in [9.17, 15) is 23.1 Å². The summed E-state index contributed by atoms with van der Waals surface area (Å²) in [6.45, 7) is 0.343. The molecule has 0 aromatic heterocycles. The van der Waals surface area contributed by atoms with Gasteiger partial charge in [0, 0.05) is 4.90 Å². The van der Waals surface area contributed by atoms with Crippen LogP contribution in [0.3, 0.4) is 0 Å². The van der Waals surface area contributed by atoms with Crippen molar-refractivity contribution in [2.24, 2.45) is 0 Å². The van der Waals surface area contributed by atoms with Gasteiger partial charge in [0.2, 0.25) is 5.60 Å². The van der Waals surface area contributed by atoms with Crippen molar-refractivity contribution in [2.45, 2.75) is 23.6 Å². The quantitative estimate of drug-likeness (QED) is 0.661. The molecule has 0 saturated heterocycles. The molecule has 0 aliphatic heterocycles. The minimum atomic E-state index is -5.11. The first-order valence-corrected chi connectivity index (χ1v) is 6.25. The molecule has 4 nitrogen and oxygen atoms in total. The van der Waals surface area contributed by atoms with Crippen molar-refractivity contribution in [3.8, 4) is 5.40 Å². The van der Waals surface area contributed by atoms with Crippen LogP contribution < -0.4 is 5.32 Å². The molecule has 0 heterocycles. The minimum Gasteiger partial charge on any atom is -0.373 e. The molecule has 2 N–H and O–H groups in total. The van der Waals surface area contributed by atoms with Crippen molar-refractivity contribution < 1.29 is 23.1 Å². The first-order valence-electron chi connectivity index (χ1n) is 5.05. The van der Waals surface area contributed by atoms with Crippen molar-refractivity contribution in [3.63, 3.8) is 0 Å². The molecule has 1 unspecified atom stereocenters. The van der Waals surface area contributed by atoms with Gasteiger partial charge in [-0.25, -0.2) is 0 Å². The van der Waals surface area contributed by atoms with E-state index in [1.165, 1.54) is 18.2 Å². The van der Waals surface area contributed by atoms with E-state index in [-0.39, 0.29) is 10.7 Å². The Morgan fingerprint density at radius 1 is 1.50 bits per heavy atom. The third-order valence-electron chi connectivity index (χ3n) is 2.35. The van der Waals surface area contributed by atoms with Gasteiger partial charge in [0.05, 0.1) is 10.7 Å². The molecule has 1 aromatic carbocycles. The Labute approximate surface area is 121 Å². The van der Waals surface area contributed by atoms with Crippen LogP contribution in [0.2, 0.25) is 5.02 Å². The molecule has 1 atom stereocenters. The number of hydrogen-bond donors (Lipinski definition) is 2. The van der Waals surface area contributed by atoms with E-state index in [4.69, 9.17) is 16.9 Å². The van der Waals surface area contributed by atoms with E-state index in [0.717, 1.165) is 11.8 Å². The van der Waals surface area contributed by atoms with Crippen LogP contribution in [0.4, 0.5) is 18.9 Å². The number of hydrogen-bond acceptors (Lipinski definition) is 4. The standard InChI is InChI=1S/C11H8ClF3N2O2S/c1-10(19,11(13,14)15)9(18)17-8-3-2-6(20-5-16)4-7(8)12/h2-4,19H,1H3,(H,17,18). The molecular formula is C11H8ClF3N2O2S. The van der Waals surface area contributed by atoms with Gasteiger partial charge in [-0.3, -0.25) is 4.79 Å². The van der Waals surface area contributed by atoms with E-state index in [2.05, 4.69) is 0 Å². The van der Waals surface area contributed by atoms with E-state index in [1.807, 2.05) is 5.32 Å². The fraction of sp³-hybridized carbons (Fsp3) is 0.273. The second kappa shape index (κ2) is 5.91. The lowest BCUT2D eigenvalue weighted by Gasteiger charge is -2.25. The lowest BCUT2D eigenvalue weighted by atomic mass is 10.1. The zero-order chi connectivity index (χ0) is 15.6. The molecule has 0 bridgehead atoms. The molecule has 108 valence electrons. The number of thioether (sulfide) groups is 1. The predicted octanol–water partition coefficient (Wildman–Crippen LogP) is 3.16. The van der Waals surface area contributed by atoms with Gasteiger partial charge in [0.25, 0.3) is 5.91 Å². The number of rotatable bonds is 3. The molecule has 1 rings (SSSR count). The second-order valence-corrected chi connectivity index (χ2v) is 5.12. The zero-order valence-electron chi connectivity index (χ0n) is 9.95. The highest BCUT2D eigenvalue weighted by atomic mass is 35.5. The van der Waals surface area contributed by atoms with Crippen LogP contribution >= 0.6 is 23.4 Å². The molecule has 0 saturated carbocycles. The summed E-state index contributed by atoms with van der Waals surface area (Å²) in [5.41, 5.74) is -3.63. The number of nitrogens with one attached hydrogen (secondary N) is 1. The normalized spacial score (nSPS) is 14.2. The van der Waals surface area contributed by atoms with Crippen molar-refractivity contribution in [1.82, 2.24) is 0 Å². The number of nitrogens with zero attached hydrogens (tertiary/aromatic N) is 1. The minimum absolute atomic E-state index is 0.0448. The SMILES string of the molecule is CC(O)(C(=O)Nc1ccc(SC#N)cc1Cl)C(F)(F)F. The molecular weight excluding hydrogens is 317 g/mol. The van der Waals surface area contributed by atoms with E-state index >= 15 is 0 Å². The van der Waals surface area contributed by atoms with Crippen molar-refractivity contribution in [1.29, 1.82) is 5.26 Å². The van der Waals surface area contributed by atoms with Crippen LogP contribution in [0.1, 0.15) is 6.92 Å². The molecule has 0 radical (unpaired) electrons. The number of aliphatic hydroxyl groups is 1. The molecule has 0 aliphatic carbocycles. The Morgan fingerprint density at radius 3 is 2.55 bits per heavy atom. The highest BCUT2D eigenvalue weighted by Gasteiger charge is 2.55. The molecule has 9 heteroatoms. The number of nitriles is 1. The number of thiocyanates is 1. The van der Waals surface area contributed by atoms with Crippen LogP contribution in [0.25, 0.3) is 0 Å². The van der Waals surface area contributed by atoms with E-state index < -0.39 is 17.7 Å². The van der Waals surface area contributed by atoms with Crippen LogP contribution in [0.5, 0.6) is 0 Å². The van der Waals surface area contributed by atoms with E-state index in [1.54, 1.807) is 5.40 Å². The summed E-state index contributed by atoms with van der Waals surface area (Å²) in [5.74, 6) is -1.65. The van der Waals surface area contributed by atoms with Crippen LogP contribution in [0.15, 0.2) is 23.1 Å². The molecule has 1 aromatic rings. The van der Waals surface area contributed by atoms with Gasteiger partial charge in [0.1, 0.15) is 5.40 Å². The summed E-state index contributed by atoms with van der Waals surface area (Å²) in [6.07, 6.45) is -5.11. The fourth-order valence-electron chi connectivity index (χ4n) is 1.09. The Balaban J connectivity index is 2.95. The topological polar surface area (TPSA) is 73.1 Å². The van der Waals surface area contributed by atoms with Crippen molar-refractivity contribution >= 4 is 35.0 Å². The smallest absolute Gasteiger partial charge is 0.373 e. The third-order valence-corrected chi connectivity index (χ3v) is 3.24. The monoisotopic (exact) mass is 324 g/mol. The summed E-state index contributed by atoms with van der Waals surface area (Å²) >= 11 is 6.58. The van der Waals surface area contributed by atoms with Crippen molar-refractivity contribution in [2.75, 3.05) is 5.32 Å².